The van der Waals surface area contributed by atoms with Crippen molar-refractivity contribution in [1.82, 2.24) is 20.1 Å². The number of nitrogens with one attached hydrogen (secondary N) is 1. The van der Waals surface area contributed by atoms with Crippen molar-refractivity contribution in [1.29, 1.82) is 0 Å². The number of fused-ring (bicyclic) bond motifs is 1. The molecule has 0 spiro atoms. The maximum Gasteiger partial charge on any atom is 0.280 e. The van der Waals surface area contributed by atoms with Gasteiger partial charge in [0, 0.05) is 16.5 Å². The summed E-state index contributed by atoms with van der Waals surface area (Å²) >= 11 is 1.36. The van der Waals surface area contributed by atoms with E-state index in [1.807, 2.05) is 57.2 Å². The molecule has 0 fully saturated rings. The molecule has 2 heterocycles. The molecule has 3 aromatic carbocycles. The third-order valence-corrected chi connectivity index (χ3v) is 6.78. The Bertz CT molecular complexity index is 1530. The predicted molar refractivity (Wildman–Crippen MR) is 139 cm³/mol. The number of nitrogens with zero attached hydrogens (tertiary/aromatic N) is 3. The first-order valence-electron chi connectivity index (χ1n) is 11.6. The molecule has 0 radical (unpaired) electrons. The molecule has 6 nitrogen and oxygen atoms in total. The van der Waals surface area contributed by atoms with E-state index in [1.165, 1.54) is 23.5 Å². The first-order chi connectivity index (χ1) is 17.4. The summed E-state index contributed by atoms with van der Waals surface area (Å²) < 4.78 is 21.6. The number of rotatable bonds is 7. The highest BCUT2D eigenvalue weighted by atomic mass is 32.1. The van der Waals surface area contributed by atoms with Gasteiger partial charge in [-0.2, -0.15) is 5.10 Å². The Balaban J connectivity index is 1.43. The van der Waals surface area contributed by atoms with Crippen molar-refractivity contribution in [2.75, 3.05) is 0 Å². The van der Waals surface area contributed by atoms with E-state index in [9.17, 15) is 9.18 Å². The molecule has 2 unspecified atom stereocenters. The van der Waals surface area contributed by atoms with E-state index in [0.29, 0.717) is 10.8 Å². The Morgan fingerprint density at radius 3 is 2.58 bits per heavy atom. The van der Waals surface area contributed by atoms with Crippen LogP contribution in [0.5, 0.6) is 5.75 Å². The number of hydrogen-bond donors (Lipinski definition) is 1. The number of halogens is 1. The summed E-state index contributed by atoms with van der Waals surface area (Å²) in [5.74, 6) is 0.135. The molecule has 1 N–H and O–H groups in total. The molecular weight excluding hydrogens is 475 g/mol. The maximum absolute atomic E-state index is 13.3. The standard InChI is InChI=1S/C28H25FN4O2S/c1-17-5-4-6-20(13-17)26(19(3)32-27(34)28-30-15-18(2)36-28)35-24-11-12-25-21(14-24)16-31-33(25)23-9-7-22(29)8-10-23/h4-16,19,26H,1-3H3,(H,32,34). The molecule has 2 aromatic heterocycles. The monoisotopic (exact) mass is 500 g/mol. The van der Waals surface area contributed by atoms with Crippen LogP contribution in [0.1, 0.15) is 38.8 Å². The second-order valence-corrected chi connectivity index (χ2v) is 9.98. The summed E-state index contributed by atoms with van der Waals surface area (Å²) in [5.41, 5.74) is 3.71. The highest BCUT2D eigenvalue weighted by molar-refractivity contribution is 7.13. The molecule has 0 aliphatic heterocycles. The fourth-order valence-electron chi connectivity index (χ4n) is 4.13. The number of aromatic nitrogens is 3. The molecule has 2 atom stereocenters. The zero-order chi connectivity index (χ0) is 25.2. The van der Waals surface area contributed by atoms with E-state index in [0.717, 1.165) is 32.6 Å². The smallest absolute Gasteiger partial charge is 0.280 e. The van der Waals surface area contributed by atoms with Crippen molar-refractivity contribution in [3.63, 3.8) is 0 Å². The predicted octanol–water partition coefficient (Wildman–Crippen LogP) is 6.18. The number of aryl methyl sites for hydroxylation is 2. The second-order valence-electron chi connectivity index (χ2n) is 8.74. The van der Waals surface area contributed by atoms with Crippen LogP contribution in [0.3, 0.4) is 0 Å². The first-order valence-corrected chi connectivity index (χ1v) is 12.4. The largest absolute Gasteiger partial charge is 0.484 e. The number of thiazole rings is 1. The van der Waals surface area contributed by atoms with Gasteiger partial charge in [0.1, 0.15) is 17.7 Å². The summed E-state index contributed by atoms with van der Waals surface area (Å²) in [7, 11) is 0. The highest BCUT2D eigenvalue weighted by Crippen LogP contribution is 2.29. The Hall–Kier alpha value is -4.04. The molecule has 8 heteroatoms. The van der Waals surface area contributed by atoms with Crippen LogP contribution in [0.25, 0.3) is 16.6 Å². The second kappa shape index (κ2) is 9.91. The van der Waals surface area contributed by atoms with Crippen LogP contribution in [-0.2, 0) is 0 Å². The lowest BCUT2D eigenvalue weighted by atomic mass is 10.0. The lowest BCUT2D eigenvalue weighted by Crippen LogP contribution is -2.39. The number of hydrogen-bond acceptors (Lipinski definition) is 5. The van der Waals surface area contributed by atoms with Gasteiger partial charge in [0.25, 0.3) is 5.91 Å². The number of carbonyl (C=O) groups excluding carboxylic acids is 1. The van der Waals surface area contributed by atoms with Gasteiger partial charge in [-0.15, -0.1) is 11.3 Å². The number of benzene rings is 3. The van der Waals surface area contributed by atoms with E-state index < -0.39 is 6.10 Å². The van der Waals surface area contributed by atoms with Crippen LogP contribution in [-0.4, -0.2) is 26.7 Å². The summed E-state index contributed by atoms with van der Waals surface area (Å²) in [6.45, 7) is 5.87. The van der Waals surface area contributed by atoms with Gasteiger partial charge < -0.3 is 10.1 Å². The lowest BCUT2D eigenvalue weighted by molar-refractivity contribution is 0.0881. The van der Waals surface area contributed by atoms with Crippen molar-refractivity contribution >= 4 is 28.1 Å². The van der Waals surface area contributed by atoms with Crippen LogP contribution < -0.4 is 10.1 Å². The van der Waals surface area contributed by atoms with Crippen LogP contribution in [0.15, 0.2) is 79.1 Å². The minimum atomic E-state index is -0.431. The molecule has 36 heavy (non-hydrogen) atoms. The van der Waals surface area contributed by atoms with Gasteiger partial charge in [-0.05, 0) is 68.8 Å². The molecule has 0 saturated carbocycles. The number of ether oxygens (including phenoxy) is 1. The molecule has 0 saturated heterocycles. The Labute approximate surface area is 212 Å². The van der Waals surface area contributed by atoms with Crippen molar-refractivity contribution in [2.45, 2.75) is 32.9 Å². The third kappa shape index (κ3) is 4.99. The number of amides is 1. The van der Waals surface area contributed by atoms with Crippen LogP contribution >= 0.6 is 11.3 Å². The SMILES string of the molecule is Cc1cccc(C(Oc2ccc3c(cnn3-c3ccc(F)cc3)c2)C(C)NC(=O)c2ncc(C)s2)c1. The van der Waals surface area contributed by atoms with Gasteiger partial charge in [-0.25, -0.2) is 14.1 Å². The maximum atomic E-state index is 13.3. The molecule has 5 aromatic rings. The Morgan fingerprint density at radius 2 is 1.86 bits per heavy atom. The molecule has 0 aliphatic rings. The van der Waals surface area contributed by atoms with Gasteiger partial charge in [0.2, 0.25) is 0 Å². The van der Waals surface area contributed by atoms with E-state index in [2.05, 4.69) is 21.5 Å². The molecule has 0 aliphatic carbocycles. The fraction of sp³-hybridized carbons (Fsp3) is 0.179. The molecule has 182 valence electrons. The van der Waals surface area contributed by atoms with E-state index >= 15 is 0 Å². The average Bonchev–Trinajstić information content (AvgIpc) is 3.49. The molecule has 0 bridgehead atoms. The van der Waals surface area contributed by atoms with Gasteiger partial charge in [-0.1, -0.05) is 29.8 Å². The van der Waals surface area contributed by atoms with Crippen LogP contribution in [0.4, 0.5) is 4.39 Å². The quantitative estimate of drug-likeness (QED) is 0.290. The zero-order valence-electron chi connectivity index (χ0n) is 20.1. The van der Waals surface area contributed by atoms with Crippen molar-refractivity contribution in [2.24, 2.45) is 0 Å². The first kappa shape index (κ1) is 23.7. The van der Waals surface area contributed by atoms with Crippen molar-refractivity contribution in [3.8, 4) is 11.4 Å². The summed E-state index contributed by atoms with van der Waals surface area (Å²) in [6.07, 6.45) is 3.02. The molecular formula is C28H25FN4O2S. The van der Waals surface area contributed by atoms with E-state index in [4.69, 9.17) is 4.74 Å². The third-order valence-electron chi connectivity index (χ3n) is 5.87. The van der Waals surface area contributed by atoms with Crippen molar-refractivity contribution < 1.29 is 13.9 Å². The molecule has 1 amide bonds. The van der Waals surface area contributed by atoms with E-state index in [-0.39, 0.29) is 17.8 Å². The number of carbonyl (C=O) groups is 1. The fourth-order valence-corrected chi connectivity index (χ4v) is 4.80. The average molecular weight is 501 g/mol. The minimum Gasteiger partial charge on any atom is -0.484 e. The van der Waals surface area contributed by atoms with Gasteiger partial charge in [-0.3, -0.25) is 4.79 Å². The summed E-state index contributed by atoms with van der Waals surface area (Å²) in [4.78, 5) is 18.0. The van der Waals surface area contributed by atoms with Gasteiger partial charge in [0.05, 0.1) is 23.4 Å². The molecule has 5 rings (SSSR count). The van der Waals surface area contributed by atoms with Crippen molar-refractivity contribution in [3.05, 3.63) is 106 Å². The topological polar surface area (TPSA) is 69.0 Å². The summed E-state index contributed by atoms with van der Waals surface area (Å²) in [5, 5.41) is 8.83. The van der Waals surface area contributed by atoms with Gasteiger partial charge in [0.15, 0.2) is 5.01 Å². The Kier molecular flexibility index (Phi) is 6.52. The highest BCUT2D eigenvalue weighted by Gasteiger charge is 2.25. The van der Waals surface area contributed by atoms with E-state index in [1.54, 1.807) is 29.2 Å². The van der Waals surface area contributed by atoms with Crippen LogP contribution in [0.2, 0.25) is 0 Å². The summed E-state index contributed by atoms with van der Waals surface area (Å²) in [6, 6.07) is 19.7. The Morgan fingerprint density at radius 1 is 1.06 bits per heavy atom. The minimum absolute atomic E-state index is 0.224. The normalized spacial score (nSPS) is 12.9. The lowest BCUT2D eigenvalue weighted by Gasteiger charge is -2.26. The van der Waals surface area contributed by atoms with Gasteiger partial charge >= 0.3 is 0 Å². The zero-order valence-corrected chi connectivity index (χ0v) is 20.9. The van der Waals surface area contributed by atoms with Crippen LogP contribution in [0, 0.1) is 19.7 Å².